The molecule has 0 aromatic heterocycles. The maximum atomic E-state index is 12.8. The summed E-state index contributed by atoms with van der Waals surface area (Å²) in [5.41, 5.74) is 0. The van der Waals surface area contributed by atoms with E-state index in [0.29, 0.717) is 19.3 Å². The molecule has 0 amide bonds. The summed E-state index contributed by atoms with van der Waals surface area (Å²) in [5, 5.41) is 0. The van der Waals surface area contributed by atoms with Crippen molar-refractivity contribution in [1.82, 2.24) is 0 Å². The molecule has 0 aromatic carbocycles. The molecule has 0 N–H and O–H groups in total. The molecule has 61 heavy (non-hydrogen) atoms. The zero-order valence-corrected chi connectivity index (χ0v) is 41.6. The van der Waals surface area contributed by atoms with Gasteiger partial charge >= 0.3 is 17.9 Å². The van der Waals surface area contributed by atoms with Gasteiger partial charge in [-0.3, -0.25) is 14.4 Å². The minimum atomic E-state index is -0.761. The Morgan fingerprint density at radius 1 is 0.311 bits per heavy atom. The molecule has 0 heterocycles. The van der Waals surface area contributed by atoms with Gasteiger partial charge in [-0.25, -0.2) is 0 Å². The summed E-state index contributed by atoms with van der Waals surface area (Å²) >= 11 is 0. The van der Waals surface area contributed by atoms with Gasteiger partial charge in [0.25, 0.3) is 0 Å². The zero-order chi connectivity index (χ0) is 44.5. The molecule has 0 fully saturated rings. The van der Waals surface area contributed by atoms with Crippen LogP contribution in [-0.4, -0.2) is 37.2 Å². The van der Waals surface area contributed by atoms with Crippen molar-refractivity contribution >= 4 is 17.9 Å². The van der Waals surface area contributed by atoms with Crippen molar-refractivity contribution in [3.63, 3.8) is 0 Å². The minimum Gasteiger partial charge on any atom is -0.462 e. The number of carbonyl (C=O) groups excluding carboxylic acids is 3. The molecular weight excluding hydrogens is 757 g/mol. The Kier molecular flexibility index (Phi) is 48.1. The predicted octanol–water partition coefficient (Wildman–Crippen LogP) is 17.8. The molecular formula is C55H106O6. The smallest absolute Gasteiger partial charge is 0.306 e. The highest BCUT2D eigenvalue weighted by atomic mass is 16.6. The van der Waals surface area contributed by atoms with Crippen LogP contribution < -0.4 is 0 Å². The van der Waals surface area contributed by atoms with E-state index in [0.717, 1.165) is 63.7 Å². The van der Waals surface area contributed by atoms with E-state index >= 15 is 0 Å². The summed E-state index contributed by atoms with van der Waals surface area (Å²) in [6.07, 6.45) is 52.3. The zero-order valence-electron chi connectivity index (χ0n) is 41.6. The van der Waals surface area contributed by atoms with Crippen LogP contribution in [0.4, 0.5) is 0 Å². The third-order valence-electron chi connectivity index (χ3n) is 12.5. The van der Waals surface area contributed by atoms with Crippen LogP contribution in [0.3, 0.4) is 0 Å². The van der Waals surface area contributed by atoms with Gasteiger partial charge < -0.3 is 14.2 Å². The van der Waals surface area contributed by atoms with E-state index in [1.54, 1.807) is 0 Å². The fraction of sp³-hybridized carbons (Fsp3) is 0.945. The maximum Gasteiger partial charge on any atom is 0.306 e. The minimum absolute atomic E-state index is 0.0622. The molecule has 0 saturated carbocycles. The van der Waals surface area contributed by atoms with Crippen molar-refractivity contribution in [2.24, 2.45) is 5.92 Å². The highest BCUT2D eigenvalue weighted by molar-refractivity contribution is 5.71. The summed E-state index contributed by atoms with van der Waals surface area (Å²) in [6.45, 7) is 9.05. The number of rotatable bonds is 50. The fourth-order valence-electron chi connectivity index (χ4n) is 8.39. The molecule has 0 aromatic rings. The fourth-order valence-corrected chi connectivity index (χ4v) is 8.39. The molecule has 0 bridgehead atoms. The van der Waals surface area contributed by atoms with Gasteiger partial charge in [0.05, 0.1) is 0 Å². The monoisotopic (exact) mass is 863 g/mol. The largest absolute Gasteiger partial charge is 0.462 e. The Hall–Kier alpha value is -1.59. The van der Waals surface area contributed by atoms with Crippen LogP contribution in [0, 0.1) is 5.92 Å². The van der Waals surface area contributed by atoms with Crippen LogP contribution in [0.5, 0.6) is 0 Å². The molecule has 0 rings (SSSR count). The number of carbonyl (C=O) groups is 3. The number of hydrogen-bond acceptors (Lipinski definition) is 6. The van der Waals surface area contributed by atoms with Gasteiger partial charge in [-0.1, -0.05) is 272 Å². The first-order valence-corrected chi connectivity index (χ1v) is 27.4. The first-order valence-electron chi connectivity index (χ1n) is 27.4. The van der Waals surface area contributed by atoms with E-state index in [4.69, 9.17) is 14.2 Å². The van der Waals surface area contributed by atoms with Crippen LogP contribution in [0.1, 0.15) is 310 Å². The van der Waals surface area contributed by atoms with Crippen molar-refractivity contribution in [2.45, 2.75) is 316 Å². The molecule has 0 aliphatic rings. The van der Waals surface area contributed by atoms with Gasteiger partial charge in [0.1, 0.15) is 13.2 Å². The van der Waals surface area contributed by atoms with E-state index < -0.39 is 6.10 Å². The molecule has 0 saturated heterocycles. The van der Waals surface area contributed by atoms with Crippen LogP contribution in [0.25, 0.3) is 0 Å². The summed E-state index contributed by atoms with van der Waals surface area (Å²) in [4.78, 5) is 38.0. The first kappa shape index (κ1) is 59.4. The molecule has 0 radical (unpaired) electrons. The van der Waals surface area contributed by atoms with Gasteiger partial charge in [0.2, 0.25) is 0 Å². The van der Waals surface area contributed by atoms with E-state index in [2.05, 4.69) is 27.7 Å². The maximum absolute atomic E-state index is 12.8. The molecule has 0 aliphatic heterocycles. The molecule has 0 spiro atoms. The third kappa shape index (κ3) is 49.3. The van der Waals surface area contributed by atoms with E-state index in [9.17, 15) is 14.4 Å². The van der Waals surface area contributed by atoms with Crippen molar-refractivity contribution < 1.29 is 28.6 Å². The van der Waals surface area contributed by atoms with Crippen molar-refractivity contribution in [2.75, 3.05) is 13.2 Å². The first-order chi connectivity index (χ1) is 29.9. The van der Waals surface area contributed by atoms with Crippen LogP contribution in [-0.2, 0) is 28.6 Å². The lowest BCUT2D eigenvalue weighted by atomic mass is 10.0. The lowest BCUT2D eigenvalue weighted by Crippen LogP contribution is -2.30. The number of ether oxygens (including phenoxy) is 3. The van der Waals surface area contributed by atoms with Crippen LogP contribution in [0.2, 0.25) is 0 Å². The quantitative estimate of drug-likeness (QED) is 0.0344. The molecule has 1 atom stereocenters. The van der Waals surface area contributed by atoms with Crippen LogP contribution >= 0.6 is 0 Å². The molecule has 6 nitrogen and oxygen atoms in total. The van der Waals surface area contributed by atoms with E-state index in [1.165, 1.54) is 205 Å². The normalized spacial score (nSPS) is 12.0. The predicted molar refractivity (Wildman–Crippen MR) is 261 cm³/mol. The summed E-state index contributed by atoms with van der Waals surface area (Å²) in [5.74, 6) is 0.000315. The van der Waals surface area contributed by atoms with Gasteiger partial charge in [0.15, 0.2) is 6.10 Å². The van der Waals surface area contributed by atoms with E-state index in [1.807, 2.05) is 0 Å². The Bertz CT molecular complexity index is 918. The van der Waals surface area contributed by atoms with E-state index in [-0.39, 0.29) is 31.1 Å². The van der Waals surface area contributed by atoms with Gasteiger partial charge in [0, 0.05) is 19.3 Å². The average Bonchev–Trinajstić information content (AvgIpc) is 3.24. The highest BCUT2D eigenvalue weighted by Gasteiger charge is 2.19. The standard InChI is InChI=1S/C55H106O6/c1-5-7-9-11-13-15-17-19-20-23-27-30-34-38-42-46-53(56)59-49-52(61-55(58)48-44-40-36-32-26-18-16-14-12-10-8-6-2)50-60-54(57)47-43-39-35-31-28-24-21-22-25-29-33-37-41-45-51(3)4/h51-52H,5-50H2,1-4H3/t52-/m1/s1. The summed E-state index contributed by atoms with van der Waals surface area (Å²) in [7, 11) is 0. The number of unbranched alkanes of at least 4 members (excludes halogenated alkanes) is 37. The van der Waals surface area contributed by atoms with Crippen molar-refractivity contribution in [3.8, 4) is 0 Å². The van der Waals surface area contributed by atoms with Gasteiger partial charge in [-0.05, 0) is 25.2 Å². The number of esters is 3. The lowest BCUT2D eigenvalue weighted by molar-refractivity contribution is -0.167. The Labute approximate surface area is 380 Å². The highest BCUT2D eigenvalue weighted by Crippen LogP contribution is 2.17. The Morgan fingerprint density at radius 2 is 0.541 bits per heavy atom. The molecule has 6 heteroatoms. The molecule has 0 unspecified atom stereocenters. The second-order valence-corrected chi connectivity index (χ2v) is 19.3. The van der Waals surface area contributed by atoms with Crippen molar-refractivity contribution in [3.05, 3.63) is 0 Å². The average molecular weight is 863 g/mol. The Balaban J connectivity index is 4.28. The number of hydrogen-bond donors (Lipinski definition) is 0. The van der Waals surface area contributed by atoms with Crippen LogP contribution in [0.15, 0.2) is 0 Å². The lowest BCUT2D eigenvalue weighted by Gasteiger charge is -2.18. The van der Waals surface area contributed by atoms with Gasteiger partial charge in [-0.2, -0.15) is 0 Å². The molecule has 362 valence electrons. The topological polar surface area (TPSA) is 78.9 Å². The second kappa shape index (κ2) is 49.4. The summed E-state index contributed by atoms with van der Waals surface area (Å²) in [6, 6.07) is 0. The Morgan fingerprint density at radius 3 is 0.803 bits per heavy atom. The third-order valence-corrected chi connectivity index (χ3v) is 12.5. The summed E-state index contributed by atoms with van der Waals surface area (Å²) < 4.78 is 16.8. The SMILES string of the molecule is CCCCCCCCCCCCCCCCCC(=O)OC[C@H](COC(=O)CCCCCCCCCCCCCCCC(C)C)OC(=O)CCCCCCCCCCCCCC. The van der Waals surface area contributed by atoms with Gasteiger partial charge in [-0.15, -0.1) is 0 Å². The van der Waals surface area contributed by atoms with Crippen molar-refractivity contribution in [1.29, 1.82) is 0 Å². The second-order valence-electron chi connectivity index (χ2n) is 19.3. The molecule has 0 aliphatic carbocycles.